The van der Waals surface area contributed by atoms with Gasteiger partial charge < -0.3 is 9.84 Å². The molecular formula is C9H12F2O3. The van der Waals surface area contributed by atoms with E-state index in [2.05, 4.69) is 17.9 Å². The number of rotatable bonds is 7. The van der Waals surface area contributed by atoms with Gasteiger partial charge in [0.2, 0.25) is 0 Å². The second-order valence-electron chi connectivity index (χ2n) is 2.62. The van der Waals surface area contributed by atoms with Crippen molar-refractivity contribution < 1.29 is 23.4 Å². The number of carbonyl (C=O) groups is 1. The van der Waals surface area contributed by atoms with E-state index in [0.717, 1.165) is 0 Å². The molecule has 0 spiro atoms. The minimum absolute atomic E-state index is 0.319. The zero-order valence-electron chi connectivity index (χ0n) is 7.58. The topological polar surface area (TPSA) is 46.5 Å². The molecule has 3 nitrogen and oxygen atoms in total. The Kier molecular flexibility index (Phi) is 5.01. The van der Waals surface area contributed by atoms with Crippen molar-refractivity contribution in [2.45, 2.75) is 18.4 Å². The molecular weight excluding hydrogens is 194 g/mol. The minimum Gasteiger partial charge on any atom is -0.477 e. The van der Waals surface area contributed by atoms with Gasteiger partial charge in [0.05, 0.1) is 6.10 Å². The van der Waals surface area contributed by atoms with Crippen molar-refractivity contribution in [3.8, 4) is 0 Å². The van der Waals surface area contributed by atoms with Crippen molar-refractivity contribution in [1.29, 1.82) is 0 Å². The molecule has 0 aliphatic carbocycles. The highest BCUT2D eigenvalue weighted by Gasteiger charge is 2.39. The number of ether oxygens (including phenoxy) is 1. The normalized spacial score (nSPS) is 13.3. The average molecular weight is 206 g/mol. The van der Waals surface area contributed by atoms with Crippen molar-refractivity contribution in [1.82, 2.24) is 0 Å². The maximum Gasteiger partial charge on any atom is 0.377 e. The molecule has 0 aliphatic rings. The third kappa shape index (κ3) is 4.13. The fourth-order valence-corrected chi connectivity index (χ4v) is 0.670. The van der Waals surface area contributed by atoms with E-state index in [1.54, 1.807) is 0 Å². The molecule has 1 atom stereocenters. The van der Waals surface area contributed by atoms with Crippen LogP contribution in [-0.2, 0) is 9.53 Å². The number of hydrogen-bond acceptors (Lipinski definition) is 2. The molecule has 0 radical (unpaired) electrons. The van der Waals surface area contributed by atoms with E-state index >= 15 is 0 Å². The van der Waals surface area contributed by atoms with Gasteiger partial charge in [0.1, 0.15) is 6.61 Å². The smallest absolute Gasteiger partial charge is 0.377 e. The molecule has 0 aliphatic heterocycles. The van der Waals surface area contributed by atoms with Gasteiger partial charge in [0.15, 0.2) is 0 Å². The van der Waals surface area contributed by atoms with Gasteiger partial charge in [-0.1, -0.05) is 12.2 Å². The quantitative estimate of drug-likeness (QED) is 0.646. The molecule has 0 saturated carbocycles. The second kappa shape index (κ2) is 5.49. The summed E-state index contributed by atoms with van der Waals surface area (Å²) in [7, 11) is 0. The van der Waals surface area contributed by atoms with Crippen LogP contribution < -0.4 is 0 Å². The van der Waals surface area contributed by atoms with Gasteiger partial charge >= 0.3 is 11.9 Å². The van der Waals surface area contributed by atoms with Crippen LogP contribution in [-0.4, -0.2) is 29.7 Å². The van der Waals surface area contributed by atoms with E-state index < -0.39 is 24.6 Å². The number of halogens is 2. The molecule has 0 fully saturated rings. The maximum absolute atomic E-state index is 12.5. The SMILES string of the molecule is C=CCC(C=C)OCC(F)(F)C(=O)O. The van der Waals surface area contributed by atoms with E-state index in [-0.39, 0.29) is 0 Å². The Morgan fingerprint density at radius 2 is 2.14 bits per heavy atom. The molecule has 1 N–H and O–H groups in total. The van der Waals surface area contributed by atoms with Crippen LogP contribution in [0.5, 0.6) is 0 Å². The predicted octanol–water partition coefficient (Wildman–Crippen LogP) is 1.85. The van der Waals surface area contributed by atoms with E-state index in [1.807, 2.05) is 0 Å². The Labute approximate surface area is 80.7 Å². The summed E-state index contributed by atoms with van der Waals surface area (Å²) in [5.74, 6) is -6.05. The first-order chi connectivity index (χ1) is 6.44. The summed E-state index contributed by atoms with van der Waals surface area (Å²) in [5.41, 5.74) is 0. The number of hydrogen-bond donors (Lipinski definition) is 1. The van der Waals surface area contributed by atoms with Crippen molar-refractivity contribution in [3.05, 3.63) is 25.3 Å². The highest BCUT2D eigenvalue weighted by Crippen LogP contribution is 2.15. The summed E-state index contributed by atoms with van der Waals surface area (Å²) in [6.45, 7) is 5.60. The summed E-state index contributed by atoms with van der Waals surface area (Å²) >= 11 is 0. The van der Waals surface area contributed by atoms with E-state index in [9.17, 15) is 13.6 Å². The molecule has 0 amide bonds. The van der Waals surface area contributed by atoms with Gasteiger partial charge in [-0.2, -0.15) is 8.78 Å². The van der Waals surface area contributed by atoms with Crippen LogP contribution in [0.15, 0.2) is 25.3 Å². The fraction of sp³-hybridized carbons (Fsp3) is 0.444. The number of alkyl halides is 2. The first-order valence-electron chi connectivity index (χ1n) is 3.90. The van der Waals surface area contributed by atoms with E-state index in [1.165, 1.54) is 12.2 Å². The van der Waals surface area contributed by atoms with Crippen LogP contribution in [0.2, 0.25) is 0 Å². The molecule has 14 heavy (non-hydrogen) atoms. The van der Waals surface area contributed by atoms with Gasteiger partial charge in [-0.05, 0) is 6.42 Å². The van der Waals surface area contributed by atoms with Crippen molar-refractivity contribution in [2.24, 2.45) is 0 Å². The molecule has 0 aromatic rings. The summed E-state index contributed by atoms with van der Waals surface area (Å²) in [4.78, 5) is 10.0. The lowest BCUT2D eigenvalue weighted by Gasteiger charge is -2.15. The minimum atomic E-state index is -3.86. The number of carboxylic acid groups (broad SMARTS) is 1. The van der Waals surface area contributed by atoms with Crippen molar-refractivity contribution >= 4 is 5.97 Å². The molecule has 5 heteroatoms. The Morgan fingerprint density at radius 1 is 1.57 bits per heavy atom. The lowest BCUT2D eigenvalue weighted by atomic mass is 10.2. The molecule has 0 heterocycles. The summed E-state index contributed by atoms with van der Waals surface area (Å²) in [6.07, 6.45) is 2.49. The molecule has 80 valence electrons. The molecule has 0 aromatic carbocycles. The molecule has 0 saturated heterocycles. The van der Waals surface area contributed by atoms with Crippen LogP contribution in [0.4, 0.5) is 8.78 Å². The van der Waals surface area contributed by atoms with Gasteiger partial charge in [-0.25, -0.2) is 4.79 Å². The standard InChI is InChI=1S/C9H12F2O3/c1-3-5-7(4-2)14-6-9(10,11)8(12)13/h3-4,7H,1-2,5-6H2,(H,12,13). The summed E-state index contributed by atoms with van der Waals surface area (Å²) in [6, 6.07) is 0. The highest BCUT2D eigenvalue weighted by atomic mass is 19.3. The Balaban J connectivity index is 4.07. The van der Waals surface area contributed by atoms with Crippen molar-refractivity contribution in [3.63, 3.8) is 0 Å². The highest BCUT2D eigenvalue weighted by molar-refractivity contribution is 5.75. The van der Waals surface area contributed by atoms with Gasteiger partial charge in [-0.15, -0.1) is 13.2 Å². The van der Waals surface area contributed by atoms with Gasteiger partial charge in [0.25, 0.3) is 0 Å². The second-order valence-corrected chi connectivity index (χ2v) is 2.62. The summed E-state index contributed by atoms with van der Waals surface area (Å²) < 4.78 is 29.6. The molecule has 0 rings (SSSR count). The van der Waals surface area contributed by atoms with Crippen LogP contribution in [0.25, 0.3) is 0 Å². The van der Waals surface area contributed by atoms with Crippen LogP contribution in [0, 0.1) is 0 Å². The van der Waals surface area contributed by atoms with Crippen LogP contribution >= 0.6 is 0 Å². The third-order valence-electron chi connectivity index (χ3n) is 1.45. The predicted molar refractivity (Wildman–Crippen MR) is 47.3 cm³/mol. The fourth-order valence-electron chi connectivity index (χ4n) is 0.670. The number of carboxylic acids is 1. The van der Waals surface area contributed by atoms with E-state index in [0.29, 0.717) is 6.42 Å². The zero-order valence-corrected chi connectivity index (χ0v) is 7.58. The van der Waals surface area contributed by atoms with E-state index in [4.69, 9.17) is 5.11 Å². The third-order valence-corrected chi connectivity index (χ3v) is 1.45. The molecule has 0 bridgehead atoms. The van der Waals surface area contributed by atoms with Crippen molar-refractivity contribution in [2.75, 3.05) is 6.61 Å². The maximum atomic E-state index is 12.5. The Bertz CT molecular complexity index is 226. The monoisotopic (exact) mass is 206 g/mol. The lowest BCUT2D eigenvalue weighted by Crippen LogP contribution is -2.35. The average Bonchev–Trinajstić information content (AvgIpc) is 2.12. The summed E-state index contributed by atoms with van der Waals surface area (Å²) in [5, 5.41) is 8.08. The first-order valence-corrected chi connectivity index (χ1v) is 3.90. The Hall–Kier alpha value is -1.23. The first kappa shape index (κ1) is 12.8. The van der Waals surface area contributed by atoms with Gasteiger partial charge in [0, 0.05) is 0 Å². The van der Waals surface area contributed by atoms with Gasteiger partial charge in [-0.3, -0.25) is 0 Å². The molecule has 0 aromatic heterocycles. The van der Waals surface area contributed by atoms with Crippen LogP contribution in [0.3, 0.4) is 0 Å². The zero-order chi connectivity index (χ0) is 11.2. The lowest BCUT2D eigenvalue weighted by molar-refractivity contribution is -0.175. The number of aliphatic carboxylic acids is 1. The van der Waals surface area contributed by atoms with Crippen LogP contribution in [0.1, 0.15) is 6.42 Å². The Morgan fingerprint density at radius 3 is 2.50 bits per heavy atom. The molecule has 1 unspecified atom stereocenters. The largest absolute Gasteiger partial charge is 0.477 e.